The van der Waals surface area contributed by atoms with Crippen LogP contribution in [-0.4, -0.2) is 29.7 Å². The standard InChI is InChI=1S/C14H19N3O3S/c1-3-17-9-14(15-11(17)2)21(19,20)16-13(10-18)12-7-5-4-6-8-12/h4-9,13,16,18H,3,10H2,1-2H3/t13-/m0/s1. The first kappa shape index (κ1) is 15.7. The summed E-state index contributed by atoms with van der Waals surface area (Å²) in [4.78, 5) is 4.07. The molecule has 1 aromatic carbocycles. The molecule has 0 unspecified atom stereocenters. The molecule has 2 rings (SSSR count). The van der Waals surface area contributed by atoms with Gasteiger partial charge in [0.1, 0.15) is 5.82 Å². The Bertz CT molecular complexity index is 696. The van der Waals surface area contributed by atoms with Crippen molar-refractivity contribution in [2.75, 3.05) is 6.61 Å². The Labute approximate surface area is 124 Å². The van der Waals surface area contributed by atoms with Crippen molar-refractivity contribution in [1.82, 2.24) is 14.3 Å². The summed E-state index contributed by atoms with van der Waals surface area (Å²) in [7, 11) is -3.77. The second-order valence-electron chi connectivity index (χ2n) is 4.68. The number of sulfonamides is 1. The minimum atomic E-state index is -3.77. The van der Waals surface area contributed by atoms with E-state index in [1.807, 2.05) is 13.0 Å². The number of aromatic nitrogens is 2. The topological polar surface area (TPSA) is 84.2 Å². The molecule has 114 valence electrons. The number of benzene rings is 1. The van der Waals surface area contributed by atoms with Crippen LogP contribution in [0, 0.1) is 6.92 Å². The molecule has 1 atom stereocenters. The maximum atomic E-state index is 12.4. The summed E-state index contributed by atoms with van der Waals surface area (Å²) >= 11 is 0. The van der Waals surface area contributed by atoms with Gasteiger partial charge in [-0.05, 0) is 19.4 Å². The van der Waals surface area contributed by atoms with Gasteiger partial charge in [-0.3, -0.25) is 0 Å². The predicted molar refractivity (Wildman–Crippen MR) is 79.2 cm³/mol. The molecule has 0 aliphatic carbocycles. The molecular formula is C14H19N3O3S. The third-order valence-electron chi connectivity index (χ3n) is 3.25. The van der Waals surface area contributed by atoms with Gasteiger partial charge >= 0.3 is 0 Å². The number of aliphatic hydroxyl groups excluding tert-OH is 1. The van der Waals surface area contributed by atoms with E-state index in [-0.39, 0.29) is 11.6 Å². The van der Waals surface area contributed by atoms with Gasteiger partial charge < -0.3 is 9.67 Å². The summed E-state index contributed by atoms with van der Waals surface area (Å²) in [6, 6.07) is 8.25. The number of nitrogens with one attached hydrogen (secondary N) is 1. The van der Waals surface area contributed by atoms with Crippen molar-refractivity contribution >= 4 is 10.0 Å². The lowest BCUT2D eigenvalue weighted by atomic mass is 10.1. The number of aliphatic hydroxyl groups is 1. The van der Waals surface area contributed by atoms with E-state index in [1.54, 1.807) is 35.8 Å². The third-order valence-corrected chi connectivity index (χ3v) is 4.59. The SMILES string of the molecule is CCn1cc(S(=O)(=O)N[C@@H](CO)c2ccccc2)nc1C. The van der Waals surface area contributed by atoms with E-state index in [1.165, 1.54) is 6.20 Å². The van der Waals surface area contributed by atoms with Crippen LogP contribution in [0.5, 0.6) is 0 Å². The first-order chi connectivity index (χ1) is 9.97. The monoisotopic (exact) mass is 309 g/mol. The molecule has 0 saturated carbocycles. The maximum absolute atomic E-state index is 12.4. The van der Waals surface area contributed by atoms with Gasteiger partial charge in [-0.1, -0.05) is 30.3 Å². The lowest BCUT2D eigenvalue weighted by Crippen LogP contribution is -2.31. The van der Waals surface area contributed by atoms with E-state index in [2.05, 4.69) is 9.71 Å². The minimum Gasteiger partial charge on any atom is -0.394 e. The summed E-state index contributed by atoms with van der Waals surface area (Å²) < 4.78 is 29.0. The van der Waals surface area contributed by atoms with Gasteiger partial charge in [0.15, 0.2) is 5.03 Å². The van der Waals surface area contributed by atoms with Gasteiger partial charge in [-0.25, -0.2) is 13.4 Å². The summed E-state index contributed by atoms with van der Waals surface area (Å²) in [5, 5.41) is 9.41. The van der Waals surface area contributed by atoms with E-state index in [9.17, 15) is 13.5 Å². The minimum absolute atomic E-state index is 0.0313. The van der Waals surface area contributed by atoms with Crippen LogP contribution in [0.15, 0.2) is 41.6 Å². The average Bonchev–Trinajstić information content (AvgIpc) is 2.87. The molecule has 7 heteroatoms. The molecular weight excluding hydrogens is 290 g/mol. The van der Waals surface area contributed by atoms with Crippen LogP contribution in [-0.2, 0) is 16.6 Å². The van der Waals surface area contributed by atoms with Crippen LogP contribution < -0.4 is 4.72 Å². The molecule has 0 spiro atoms. The van der Waals surface area contributed by atoms with Crippen molar-refractivity contribution in [3.63, 3.8) is 0 Å². The van der Waals surface area contributed by atoms with E-state index in [0.29, 0.717) is 17.9 Å². The third kappa shape index (κ3) is 3.49. The smallest absolute Gasteiger partial charge is 0.260 e. The number of hydrogen-bond donors (Lipinski definition) is 2. The highest BCUT2D eigenvalue weighted by atomic mass is 32.2. The summed E-state index contributed by atoms with van der Waals surface area (Å²) in [6.45, 7) is 4.00. The molecule has 2 aromatic rings. The van der Waals surface area contributed by atoms with Crippen LogP contribution in [0.2, 0.25) is 0 Å². The molecule has 0 aliphatic heterocycles. The fraction of sp³-hybridized carbons (Fsp3) is 0.357. The molecule has 6 nitrogen and oxygen atoms in total. The summed E-state index contributed by atoms with van der Waals surface area (Å²) in [5.41, 5.74) is 0.704. The van der Waals surface area contributed by atoms with Gasteiger partial charge in [0.25, 0.3) is 10.0 Å². The van der Waals surface area contributed by atoms with Gasteiger partial charge in [0.2, 0.25) is 0 Å². The van der Waals surface area contributed by atoms with Crippen molar-refractivity contribution < 1.29 is 13.5 Å². The summed E-state index contributed by atoms with van der Waals surface area (Å²) in [6.07, 6.45) is 1.50. The average molecular weight is 309 g/mol. The highest BCUT2D eigenvalue weighted by Gasteiger charge is 2.23. The Hall–Kier alpha value is -1.70. The lowest BCUT2D eigenvalue weighted by Gasteiger charge is -2.15. The van der Waals surface area contributed by atoms with Crippen molar-refractivity contribution in [1.29, 1.82) is 0 Å². The summed E-state index contributed by atoms with van der Waals surface area (Å²) in [5.74, 6) is 0.637. The van der Waals surface area contributed by atoms with Crippen LogP contribution >= 0.6 is 0 Å². The van der Waals surface area contributed by atoms with Gasteiger partial charge in [0, 0.05) is 12.7 Å². The fourth-order valence-corrected chi connectivity index (χ4v) is 3.30. The van der Waals surface area contributed by atoms with E-state index in [4.69, 9.17) is 0 Å². The highest BCUT2D eigenvalue weighted by Crippen LogP contribution is 2.16. The Morgan fingerprint density at radius 3 is 2.52 bits per heavy atom. The predicted octanol–water partition coefficient (Wildman–Crippen LogP) is 1.22. The van der Waals surface area contributed by atoms with E-state index < -0.39 is 16.1 Å². The molecule has 0 saturated heterocycles. The van der Waals surface area contributed by atoms with Crippen LogP contribution in [0.3, 0.4) is 0 Å². The number of imidazole rings is 1. The molecule has 0 radical (unpaired) electrons. The number of hydrogen-bond acceptors (Lipinski definition) is 4. The van der Waals surface area contributed by atoms with Crippen molar-refractivity contribution in [3.8, 4) is 0 Å². The second kappa shape index (κ2) is 6.38. The molecule has 1 aromatic heterocycles. The van der Waals surface area contributed by atoms with Gasteiger partial charge in [0.05, 0.1) is 12.6 Å². The quantitative estimate of drug-likeness (QED) is 0.840. The van der Waals surface area contributed by atoms with Crippen LogP contribution in [0.25, 0.3) is 0 Å². The Kier molecular flexibility index (Phi) is 4.76. The molecule has 0 amide bonds. The van der Waals surface area contributed by atoms with Crippen molar-refractivity contribution in [3.05, 3.63) is 47.9 Å². The zero-order valence-corrected chi connectivity index (χ0v) is 12.8. The zero-order valence-electron chi connectivity index (χ0n) is 12.0. The number of nitrogens with zero attached hydrogens (tertiary/aromatic N) is 2. The van der Waals surface area contributed by atoms with Crippen LogP contribution in [0.1, 0.15) is 24.4 Å². The molecule has 0 fully saturated rings. The van der Waals surface area contributed by atoms with Crippen LogP contribution in [0.4, 0.5) is 0 Å². The van der Waals surface area contributed by atoms with Crippen molar-refractivity contribution in [2.45, 2.75) is 31.5 Å². The normalized spacial score (nSPS) is 13.3. The number of aryl methyl sites for hydroxylation is 2. The number of rotatable bonds is 6. The fourth-order valence-electron chi connectivity index (χ4n) is 2.07. The molecule has 2 N–H and O–H groups in total. The van der Waals surface area contributed by atoms with Gasteiger partial charge in [-0.2, -0.15) is 4.72 Å². The molecule has 1 heterocycles. The zero-order chi connectivity index (χ0) is 15.5. The highest BCUT2D eigenvalue weighted by molar-refractivity contribution is 7.89. The first-order valence-corrected chi connectivity index (χ1v) is 8.18. The lowest BCUT2D eigenvalue weighted by molar-refractivity contribution is 0.259. The molecule has 0 aliphatic rings. The molecule has 21 heavy (non-hydrogen) atoms. The Morgan fingerprint density at radius 1 is 1.33 bits per heavy atom. The van der Waals surface area contributed by atoms with Crippen molar-refractivity contribution in [2.24, 2.45) is 0 Å². The van der Waals surface area contributed by atoms with E-state index in [0.717, 1.165) is 0 Å². The second-order valence-corrected chi connectivity index (χ2v) is 6.34. The Morgan fingerprint density at radius 2 is 2.00 bits per heavy atom. The Balaban J connectivity index is 2.27. The maximum Gasteiger partial charge on any atom is 0.260 e. The first-order valence-electron chi connectivity index (χ1n) is 6.70. The largest absolute Gasteiger partial charge is 0.394 e. The van der Waals surface area contributed by atoms with E-state index >= 15 is 0 Å². The van der Waals surface area contributed by atoms with Gasteiger partial charge in [-0.15, -0.1) is 0 Å². The molecule has 0 bridgehead atoms.